The molecular formula is C19H21N3O4S. The molecule has 7 nitrogen and oxygen atoms in total. The topological polar surface area (TPSA) is 84.7 Å². The van der Waals surface area contributed by atoms with Gasteiger partial charge < -0.3 is 19.4 Å². The molecule has 1 fully saturated rings. The minimum atomic E-state index is -0.376. The van der Waals surface area contributed by atoms with Crippen LogP contribution in [0.25, 0.3) is 0 Å². The summed E-state index contributed by atoms with van der Waals surface area (Å²) in [4.78, 5) is 30.2. The highest BCUT2D eigenvalue weighted by Crippen LogP contribution is 2.30. The zero-order valence-electron chi connectivity index (χ0n) is 15.1. The van der Waals surface area contributed by atoms with Crippen LogP contribution in [0.15, 0.2) is 21.9 Å². The van der Waals surface area contributed by atoms with Crippen LogP contribution < -0.4 is 5.32 Å². The van der Waals surface area contributed by atoms with E-state index in [0.29, 0.717) is 31.1 Å². The molecule has 0 aliphatic carbocycles. The number of amides is 2. The molecule has 0 spiro atoms. The number of piperidine rings is 1. The summed E-state index contributed by atoms with van der Waals surface area (Å²) in [5.41, 5.74) is 0.411. The Hall–Kier alpha value is -2.79. The van der Waals surface area contributed by atoms with Crippen molar-refractivity contribution in [3.8, 4) is 12.3 Å². The van der Waals surface area contributed by atoms with Gasteiger partial charge in [0.2, 0.25) is 0 Å². The summed E-state index contributed by atoms with van der Waals surface area (Å²) in [7, 11) is 0. The molecule has 1 saturated heterocycles. The second kappa shape index (κ2) is 8.73. The molecule has 0 bridgehead atoms. The number of hydrogen-bond acceptors (Lipinski definition) is 6. The molecule has 1 N–H and O–H groups in total. The van der Waals surface area contributed by atoms with E-state index < -0.39 is 0 Å². The van der Waals surface area contributed by atoms with E-state index in [1.54, 1.807) is 10.3 Å². The van der Waals surface area contributed by atoms with E-state index in [1.165, 1.54) is 11.3 Å². The predicted molar refractivity (Wildman–Crippen MR) is 100 cm³/mol. The van der Waals surface area contributed by atoms with Crippen molar-refractivity contribution in [3.05, 3.63) is 39.7 Å². The number of ether oxygens (including phenoxy) is 1. The van der Waals surface area contributed by atoms with E-state index in [2.05, 4.69) is 16.2 Å². The first-order valence-electron chi connectivity index (χ1n) is 8.71. The zero-order valence-corrected chi connectivity index (χ0v) is 15.9. The van der Waals surface area contributed by atoms with Crippen molar-refractivity contribution in [2.75, 3.05) is 19.7 Å². The molecule has 0 atom stereocenters. The minimum Gasteiger partial charge on any atom is -0.465 e. The Morgan fingerprint density at radius 1 is 1.44 bits per heavy atom. The lowest BCUT2D eigenvalue weighted by Gasteiger charge is -2.30. The Balaban J connectivity index is 1.50. The lowest BCUT2D eigenvalue weighted by molar-refractivity contribution is 0.0943. The average Bonchev–Trinajstić information content (AvgIpc) is 3.33. The van der Waals surface area contributed by atoms with Gasteiger partial charge in [0, 0.05) is 24.4 Å². The summed E-state index contributed by atoms with van der Waals surface area (Å²) >= 11 is 1.48. The number of hydrogen-bond donors (Lipinski definition) is 1. The van der Waals surface area contributed by atoms with Crippen molar-refractivity contribution < 1.29 is 18.7 Å². The molecule has 1 aliphatic rings. The number of furan rings is 1. The smallest absolute Gasteiger partial charge is 0.410 e. The maximum absolute atomic E-state index is 12.3. The van der Waals surface area contributed by atoms with Crippen molar-refractivity contribution in [2.45, 2.75) is 32.2 Å². The largest absolute Gasteiger partial charge is 0.465 e. The zero-order chi connectivity index (χ0) is 19.2. The first-order valence-corrected chi connectivity index (χ1v) is 9.59. The fourth-order valence-electron chi connectivity index (χ4n) is 2.92. The number of carbonyl (C=O) groups excluding carboxylic acids is 2. The SMILES string of the molecule is C#CCOC(=O)N1CCC(c2nc(C(=O)NCc3ccc(C)o3)cs2)CC1. The van der Waals surface area contributed by atoms with Crippen LogP contribution in [0.1, 0.15) is 45.8 Å². The number of aryl methyl sites for hydroxylation is 1. The highest BCUT2D eigenvalue weighted by atomic mass is 32.1. The van der Waals surface area contributed by atoms with E-state index >= 15 is 0 Å². The standard InChI is InChI=1S/C19H21N3O4S/c1-3-10-25-19(24)22-8-6-14(7-9-22)18-21-16(12-27-18)17(23)20-11-15-5-4-13(2)26-15/h1,4-5,12,14H,6-11H2,2H3,(H,20,23). The number of thiazole rings is 1. The molecule has 0 aromatic carbocycles. The maximum atomic E-state index is 12.3. The van der Waals surface area contributed by atoms with Crippen LogP contribution in [0.5, 0.6) is 0 Å². The van der Waals surface area contributed by atoms with Crippen LogP contribution in [-0.4, -0.2) is 41.6 Å². The lowest BCUT2D eigenvalue weighted by Crippen LogP contribution is -2.38. The predicted octanol–water partition coefficient (Wildman–Crippen LogP) is 2.92. The highest BCUT2D eigenvalue weighted by molar-refractivity contribution is 7.09. The fraction of sp³-hybridized carbons (Fsp3) is 0.421. The average molecular weight is 387 g/mol. The molecule has 0 unspecified atom stereocenters. The van der Waals surface area contributed by atoms with Crippen LogP contribution in [0, 0.1) is 19.3 Å². The first-order chi connectivity index (χ1) is 13.1. The van der Waals surface area contributed by atoms with Crippen molar-refractivity contribution >= 4 is 23.3 Å². The van der Waals surface area contributed by atoms with Gasteiger partial charge in [0.25, 0.3) is 5.91 Å². The van der Waals surface area contributed by atoms with Gasteiger partial charge in [-0.15, -0.1) is 17.8 Å². The maximum Gasteiger partial charge on any atom is 0.410 e. The van der Waals surface area contributed by atoms with Crippen molar-refractivity contribution in [1.82, 2.24) is 15.2 Å². The molecule has 2 aromatic heterocycles. The molecular weight excluding hydrogens is 366 g/mol. The minimum absolute atomic E-state index is 0.0126. The van der Waals surface area contributed by atoms with E-state index in [-0.39, 0.29) is 24.5 Å². The third-order valence-corrected chi connectivity index (χ3v) is 5.36. The normalized spacial score (nSPS) is 14.6. The van der Waals surface area contributed by atoms with E-state index in [1.807, 2.05) is 19.1 Å². The summed E-state index contributed by atoms with van der Waals surface area (Å²) in [6, 6.07) is 3.70. The summed E-state index contributed by atoms with van der Waals surface area (Å²) in [6.07, 6.45) is 6.29. The van der Waals surface area contributed by atoms with E-state index in [0.717, 1.165) is 23.6 Å². The van der Waals surface area contributed by atoms with Gasteiger partial charge in [0.05, 0.1) is 11.6 Å². The van der Waals surface area contributed by atoms with E-state index in [9.17, 15) is 9.59 Å². The molecule has 2 amide bonds. The van der Waals surface area contributed by atoms with Gasteiger partial charge in [-0.3, -0.25) is 4.79 Å². The Bertz CT molecular complexity index is 843. The van der Waals surface area contributed by atoms with E-state index in [4.69, 9.17) is 15.6 Å². The van der Waals surface area contributed by atoms with Crippen LogP contribution in [0.4, 0.5) is 4.79 Å². The van der Waals surface area contributed by atoms with Crippen molar-refractivity contribution in [3.63, 3.8) is 0 Å². The highest BCUT2D eigenvalue weighted by Gasteiger charge is 2.27. The van der Waals surface area contributed by atoms with Gasteiger partial charge in [0.1, 0.15) is 17.2 Å². The summed E-state index contributed by atoms with van der Waals surface area (Å²) in [5.74, 6) is 3.82. The molecule has 0 saturated carbocycles. The van der Waals surface area contributed by atoms with Gasteiger partial charge in [0.15, 0.2) is 6.61 Å². The molecule has 3 heterocycles. The van der Waals surface area contributed by atoms with Gasteiger partial charge in [-0.05, 0) is 31.9 Å². The monoisotopic (exact) mass is 387 g/mol. The molecule has 0 radical (unpaired) electrons. The third kappa shape index (κ3) is 4.89. The van der Waals surface area contributed by atoms with Gasteiger partial charge in [-0.1, -0.05) is 5.92 Å². The number of terminal acetylenes is 1. The summed E-state index contributed by atoms with van der Waals surface area (Å²) in [5, 5.41) is 5.50. The second-order valence-electron chi connectivity index (χ2n) is 6.29. The number of rotatable bonds is 5. The van der Waals surface area contributed by atoms with Gasteiger partial charge in [-0.25, -0.2) is 9.78 Å². The number of carbonyl (C=O) groups is 2. The number of nitrogens with zero attached hydrogens (tertiary/aromatic N) is 2. The first kappa shape index (κ1) is 19.0. The van der Waals surface area contributed by atoms with Crippen molar-refractivity contribution in [2.24, 2.45) is 0 Å². The second-order valence-corrected chi connectivity index (χ2v) is 7.18. The number of aromatic nitrogens is 1. The quantitative estimate of drug-likeness (QED) is 0.798. The lowest BCUT2D eigenvalue weighted by atomic mass is 9.98. The third-order valence-electron chi connectivity index (χ3n) is 4.36. The van der Waals surface area contributed by atoms with Crippen LogP contribution in [-0.2, 0) is 11.3 Å². The Labute approximate surface area is 161 Å². The molecule has 142 valence electrons. The summed E-state index contributed by atoms with van der Waals surface area (Å²) < 4.78 is 10.4. The number of nitrogens with one attached hydrogen (secondary N) is 1. The van der Waals surface area contributed by atoms with Crippen LogP contribution in [0.2, 0.25) is 0 Å². The number of likely N-dealkylation sites (tertiary alicyclic amines) is 1. The Kier molecular flexibility index (Phi) is 6.14. The molecule has 3 rings (SSSR count). The Morgan fingerprint density at radius 2 is 2.22 bits per heavy atom. The van der Waals surface area contributed by atoms with Crippen LogP contribution >= 0.6 is 11.3 Å². The van der Waals surface area contributed by atoms with Gasteiger partial charge >= 0.3 is 6.09 Å². The van der Waals surface area contributed by atoms with Crippen molar-refractivity contribution in [1.29, 1.82) is 0 Å². The fourth-order valence-corrected chi connectivity index (χ4v) is 3.89. The molecule has 27 heavy (non-hydrogen) atoms. The molecule has 8 heteroatoms. The van der Waals surface area contributed by atoms with Gasteiger partial charge in [-0.2, -0.15) is 0 Å². The molecule has 1 aliphatic heterocycles. The summed E-state index contributed by atoms with van der Waals surface area (Å²) in [6.45, 7) is 3.36. The molecule has 2 aromatic rings. The Morgan fingerprint density at radius 3 is 2.89 bits per heavy atom. The van der Waals surface area contributed by atoms with Crippen LogP contribution in [0.3, 0.4) is 0 Å².